The third kappa shape index (κ3) is 4.30. The summed E-state index contributed by atoms with van der Waals surface area (Å²) < 4.78 is 4.79. The van der Waals surface area contributed by atoms with E-state index in [0.717, 1.165) is 5.56 Å². The van der Waals surface area contributed by atoms with Gasteiger partial charge in [-0.2, -0.15) is 0 Å². The summed E-state index contributed by atoms with van der Waals surface area (Å²) in [6.07, 6.45) is 1.58. The SMILES string of the molecule is COC(=O)c1ccccc1Nc1ccc(NC(=O)c2ccccc2C)nc1. The Labute approximate surface area is 157 Å². The predicted molar refractivity (Wildman–Crippen MR) is 104 cm³/mol. The first-order valence-corrected chi connectivity index (χ1v) is 8.36. The lowest BCUT2D eigenvalue weighted by atomic mass is 10.1. The molecule has 0 atom stereocenters. The molecule has 1 heterocycles. The van der Waals surface area contributed by atoms with Gasteiger partial charge in [0.2, 0.25) is 0 Å². The highest BCUT2D eigenvalue weighted by Gasteiger charge is 2.12. The molecule has 0 aliphatic carbocycles. The Morgan fingerprint density at radius 1 is 0.926 bits per heavy atom. The molecule has 1 aromatic heterocycles. The van der Waals surface area contributed by atoms with Crippen LogP contribution >= 0.6 is 0 Å². The molecule has 27 heavy (non-hydrogen) atoms. The van der Waals surface area contributed by atoms with Crippen molar-refractivity contribution in [3.8, 4) is 0 Å². The Morgan fingerprint density at radius 3 is 2.30 bits per heavy atom. The minimum absolute atomic E-state index is 0.211. The Hall–Kier alpha value is -3.67. The number of hydrogen-bond donors (Lipinski definition) is 2. The fraction of sp³-hybridized carbons (Fsp3) is 0.0952. The smallest absolute Gasteiger partial charge is 0.339 e. The molecule has 0 aliphatic rings. The molecule has 136 valence electrons. The molecule has 2 aromatic carbocycles. The zero-order chi connectivity index (χ0) is 19.2. The van der Waals surface area contributed by atoms with Crippen molar-refractivity contribution in [2.24, 2.45) is 0 Å². The van der Waals surface area contributed by atoms with Gasteiger partial charge in [0.15, 0.2) is 0 Å². The lowest BCUT2D eigenvalue weighted by Gasteiger charge is -2.11. The fourth-order valence-electron chi connectivity index (χ4n) is 2.59. The molecule has 0 unspecified atom stereocenters. The number of nitrogens with zero attached hydrogens (tertiary/aromatic N) is 1. The van der Waals surface area contributed by atoms with Crippen LogP contribution in [0.5, 0.6) is 0 Å². The normalized spacial score (nSPS) is 10.1. The Balaban J connectivity index is 1.72. The van der Waals surface area contributed by atoms with Crippen LogP contribution in [0.4, 0.5) is 17.2 Å². The zero-order valence-corrected chi connectivity index (χ0v) is 15.0. The van der Waals surface area contributed by atoms with Gasteiger partial charge in [-0.15, -0.1) is 0 Å². The van der Waals surface area contributed by atoms with Crippen LogP contribution in [0.25, 0.3) is 0 Å². The van der Waals surface area contributed by atoms with Crippen molar-refractivity contribution in [3.05, 3.63) is 83.6 Å². The van der Waals surface area contributed by atoms with Gasteiger partial charge in [0.05, 0.1) is 30.2 Å². The number of aryl methyl sites for hydroxylation is 1. The molecule has 6 heteroatoms. The van der Waals surface area contributed by atoms with Crippen molar-refractivity contribution in [2.75, 3.05) is 17.7 Å². The number of amides is 1. The van der Waals surface area contributed by atoms with E-state index in [1.807, 2.05) is 31.2 Å². The number of aromatic nitrogens is 1. The summed E-state index contributed by atoms with van der Waals surface area (Å²) in [5.74, 6) is -0.194. The van der Waals surface area contributed by atoms with Crippen LogP contribution in [-0.4, -0.2) is 24.0 Å². The maximum absolute atomic E-state index is 12.3. The van der Waals surface area contributed by atoms with E-state index in [1.54, 1.807) is 42.6 Å². The van der Waals surface area contributed by atoms with E-state index in [9.17, 15) is 9.59 Å². The summed E-state index contributed by atoms with van der Waals surface area (Å²) in [5.41, 5.74) is 3.22. The summed E-state index contributed by atoms with van der Waals surface area (Å²) in [7, 11) is 1.34. The van der Waals surface area contributed by atoms with Gasteiger partial charge in [-0.1, -0.05) is 30.3 Å². The first-order valence-electron chi connectivity index (χ1n) is 8.36. The molecule has 0 radical (unpaired) electrons. The number of nitrogens with one attached hydrogen (secondary N) is 2. The van der Waals surface area contributed by atoms with Gasteiger partial charge in [0.25, 0.3) is 5.91 Å². The van der Waals surface area contributed by atoms with Crippen molar-refractivity contribution < 1.29 is 14.3 Å². The monoisotopic (exact) mass is 361 g/mol. The molecule has 3 rings (SSSR count). The number of benzene rings is 2. The molecule has 0 aliphatic heterocycles. The number of anilines is 3. The third-order valence-corrected chi connectivity index (χ3v) is 4.01. The van der Waals surface area contributed by atoms with E-state index >= 15 is 0 Å². The number of methoxy groups -OCH3 is 1. The van der Waals surface area contributed by atoms with Crippen LogP contribution in [0, 0.1) is 6.92 Å². The van der Waals surface area contributed by atoms with E-state index in [-0.39, 0.29) is 5.91 Å². The second-order valence-electron chi connectivity index (χ2n) is 5.86. The van der Waals surface area contributed by atoms with Crippen molar-refractivity contribution in [2.45, 2.75) is 6.92 Å². The number of rotatable bonds is 5. The number of pyridine rings is 1. The standard InChI is InChI=1S/C21H19N3O3/c1-14-7-3-4-8-16(14)20(25)24-19-12-11-15(13-22-19)23-18-10-6-5-9-17(18)21(26)27-2/h3-13,23H,1-2H3,(H,22,24,25). The molecule has 0 fully saturated rings. The summed E-state index contributed by atoms with van der Waals surface area (Å²) in [5, 5.41) is 5.91. The van der Waals surface area contributed by atoms with Crippen LogP contribution in [0.2, 0.25) is 0 Å². The molecule has 0 saturated carbocycles. The van der Waals surface area contributed by atoms with Gasteiger partial charge in [-0.3, -0.25) is 4.79 Å². The highest BCUT2D eigenvalue weighted by molar-refractivity contribution is 6.04. The molecular weight excluding hydrogens is 342 g/mol. The lowest BCUT2D eigenvalue weighted by Crippen LogP contribution is -2.14. The molecule has 0 bridgehead atoms. The third-order valence-electron chi connectivity index (χ3n) is 4.01. The first-order chi connectivity index (χ1) is 13.1. The van der Waals surface area contributed by atoms with Crippen molar-refractivity contribution in [1.29, 1.82) is 0 Å². The molecule has 0 spiro atoms. The number of para-hydroxylation sites is 1. The Morgan fingerprint density at radius 2 is 1.63 bits per heavy atom. The maximum Gasteiger partial charge on any atom is 0.339 e. The van der Waals surface area contributed by atoms with Crippen LogP contribution in [-0.2, 0) is 4.74 Å². The Bertz CT molecular complexity index is 968. The quantitative estimate of drug-likeness (QED) is 0.667. The van der Waals surface area contributed by atoms with E-state index < -0.39 is 5.97 Å². The summed E-state index contributed by atoms with van der Waals surface area (Å²) >= 11 is 0. The fourth-order valence-corrected chi connectivity index (χ4v) is 2.59. The Kier molecular flexibility index (Phi) is 5.47. The van der Waals surface area contributed by atoms with E-state index in [0.29, 0.717) is 28.3 Å². The number of esters is 1. The topological polar surface area (TPSA) is 80.3 Å². The number of carbonyl (C=O) groups excluding carboxylic acids is 2. The van der Waals surface area contributed by atoms with E-state index in [4.69, 9.17) is 4.74 Å². The molecule has 2 N–H and O–H groups in total. The number of hydrogen-bond acceptors (Lipinski definition) is 5. The maximum atomic E-state index is 12.3. The molecular formula is C21H19N3O3. The van der Waals surface area contributed by atoms with Gasteiger partial charge in [0.1, 0.15) is 5.82 Å². The van der Waals surface area contributed by atoms with Gasteiger partial charge >= 0.3 is 5.97 Å². The average Bonchev–Trinajstić information content (AvgIpc) is 2.69. The van der Waals surface area contributed by atoms with Gasteiger partial charge in [-0.05, 0) is 42.8 Å². The summed E-state index contributed by atoms with van der Waals surface area (Å²) in [6.45, 7) is 1.88. The minimum Gasteiger partial charge on any atom is -0.465 e. The first kappa shape index (κ1) is 18.1. The summed E-state index contributed by atoms with van der Waals surface area (Å²) in [6, 6.07) is 17.9. The van der Waals surface area contributed by atoms with Gasteiger partial charge in [0, 0.05) is 5.56 Å². The van der Waals surface area contributed by atoms with E-state index in [2.05, 4.69) is 15.6 Å². The second kappa shape index (κ2) is 8.14. The van der Waals surface area contributed by atoms with Crippen LogP contribution in [0.1, 0.15) is 26.3 Å². The van der Waals surface area contributed by atoms with Crippen molar-refractivity contribution in [3.63, 3.8) is 0 Å². The van der Waals surface area contributed by atoms with Crippen LogP contribution in [0.15, 0.2) is 66.9 Å². The number of ether oxygens (including phenoxy) is 1. The molecule has 1 amide bonds. The zero-order valence-electron chi connectivity index (χ0n) is 15.0. The lowest BCUT2D eigenvalue weighted by molar-refractivity contribution is 0.0601. The largest absolute Gasteiger partial charge is 0.465 e. The van der Waals surface area contributed by atoms with Crippen molar-refractivity contribution >= 4 is 29.1 Å². The minimum atomic E-state index is -0.423. The van der Waals surface area contributed by atoms with Crippen LogP contribution < -0.4 is 10.6 Å². The summed E-state index contributed by atoms with van der Waals surface area (Å²) in [4.78, 5) is 28.4. The second-order valence-corrected chi connectivity index (χ2v) is 5.86. The average molecular weight is 361 g/mol. The van der Waals surface area contributed by atoms with Crippen LogP contribution in [0.3, 0.4) is 0 Å². The molecule has 0 saturated heterocycles. The van der Waals surface area contributed by atoms with E-state index in [1.165, 1.54) is 7.11 Å². The number of carbonyl (C=O) groups is 2. The molecule has 3 aromatic rings. The van der Waals surface area contributed by atoms with Crippen molar-refractivity contribution in [1.82, 2.24) is 4.98 Å². The van der Waals surface area contributed by atoms with Gasteiger partial charge in [-0.25, -0.2) is 9.78 Å². The molecule has 6 nitrogen and oxygen atoms in total. The highest BCUT2D eigenvalue weighted by atomic mass is 16.5. The predicted octanol–water partition coefficient (Wildman–Crippen LogP) is 4.17. The highest BCUT2D eigenvalue weighted by Crippen LogP contribution is 2.22. The van der Waals surface area contributed by atoms with Gasteiger partial charge < -0.3 is 15.4 Å².